The lowest BCUT2D eigenvalue weighted by Gasteiger charge is -2.12. The van der Waals surface area contributed by atoms with Gasteiger partial charge in [-0.15, -0.1) is 0 Å². The predicted molar refractivity (Wildman–Crippen MR) is 79.8 cm³/mol. The van der Waals surface area contributed by atoms with E-state index in [1.165, 1.54) is 0 Å². The van der Waals surface area contributed by atoms with Crippen LogP contribution in [0.1, 0.15) is 0 Å². The third-order valence-electron chi connectivity index (χ3n) is 3.11. The average molecular weight is 306 g/mol. The minimum absolute atomic E-state index is 0.0695. The molecule has 21 heavy (non-hydrogen) atoms. The van der Waals surface area contributed by atoms with E-state index in [1.807, 2.05) is 24.3 Å². The Morgan fingerprint density at radius 1 is 0.905 bits per heavy atom. The maximum Gasteiger partial charge on any atom is 0.156 e. The van der Waals surface area contributed by atoms with E-state index in [9.17, 15) is 8.78 Å². The molecule has 0 aliphatic heterocycles. The Bertz CT molecular complexity index is 836. The lowest BCUT2D eigenvalue weighted by molar-refractivity contribution is 0.477. The fourth-order valence-electron chi connectivity index (χ4n) is 2.09. The molecule has 0 aromatic heterocycles. The van der Waals surface area contributed by atoms with Crippen LogP contribution < -0.4 is 10.5 Å². The quantitative estimate of drug-likeness (QED) is 0.665. The summed E-state index contributed by atoms with van der Waals surface area (Å²) in [6.07, 6.45) is 0. The second-order valence-corrected chi connectivity index (χ2v) is 4.90. The molecule has 0 radical (unpaired) electrons. The van der Waals surface area contributed by atoms with Crippen molar-refractivity contribution in [2.75, 3.05) is 5.73 Å². The van der Waals surface area contributed by atoms with Crippen LogP contribution in [0.3, 0.4) is 0 Å². The van der Waals surface area contributed by atoms with E-state index in [1.54, 1.807) is 12.1 Å². The van der Waals surface area contributed by atoms with E-state index >= 15 is 0 Å². The fourth-order valence-corrected chi connectivity index (χ4v) is 2.32. The predicted octanol–water partition coefficient (Wildman–Crippen LogP) is 5.15. The summed E-state index contributed by atoms with van der Waals surface area (Å²) >= 11 is 6.11. The number of nitrogen functional groups attached to an aromatic ring is 1. The van der Waals surface area contributed by atoms with E-state index in [0.717, 1.165) is 16.8 Å². The number of anilines is 1. The van der Waals surface area contributed by atoms with Crippen LogP contribution >= 0.6 is 11.6 Å². The highest BCUT2D eigenvalue weighted by Crippen LogP contribution is 2.36. The highest BCUT2D eigenvalue weighted by Gasteiger charge is 2.12. The van der Waals surface area contributed by atoms with Gasteiger partial charge in [0.1, 0.15) is 17.3 Å². The van der Waals surface area contributed by atoms with Crippen molar-refractivity contribution >= 4 is 28.1 Å². The molecule has 0 bridgehead atoms. The molecular weight excluding hydrogens is 296 g/mol. The molecular formula is C16H10ClF2NO. The first-order valence-electron chi connectivity index (χ1n) is 6.16. The molecule has 2 nitrogen and oxygen atoms in total. The molecule has 0 aliphatic rings. The van der Waals surface area contributed by atoms with Crippen LogP contribution in [0, 0.1) is 11.6 Å². The first-order chi connectivity index (χ1) is 10.1. The van der Waals surface area contributed by atoms with Gasteiger partial charge in [-0.1, -0.05) is 35.9 Å². The van der Waals surface area contributed by atoms with E-state index in [2.05, 4.69) is 0 Å². The smallest absolute Gasteiger partial charge is 0.156 e. The van der Waals surface area contributed by atoms with Gasteiger partial charge in [-0.2, -0.15) is 0 Å². The number of hydrogen-bond acceptors (Lipinski definition) is 2. The molecule has 2 N–H and O–H groups in total. The van der Waals surface area contributed by atoms with Gasteiger partial charge in [0.05, 0.1) is 0 Å². The summed E-state index contributed by atoms with van der Waals surface area (Å²) in [4.78, 5) is 0. The standard InChI is InChI=1S/C16H10ClF2NO/c17-12-5-6-14(11-4-2-1-3-10(11)12)21-15-8-9(18)7-13(19)16(15)20/h1-8H,20H2. The molecule has 0 aliphatic carbocycles. The second-order valence-electron chi connectivity index (χ2n) is 4.49. The number of rotatable bonds is 2. The largest absolute Gasteiger partial charge is 0.454 e. The lowest BCUT2D eigenvalue weighted by atomic mass is 10.1. The van der Waals surface area contributed by atoms with Gasteiger partial charge in [0.2, 0.25) is 0 Å². The van der Waals surface area contributed by atoms with Gasteiger partial charge in [0, 0.05) is 27.9 Å². The normalized spacial score (nSPS) is 10.8. The molecule has 106 valence electrons. The Morgan fingerprint density at radius 2 is 1.62 bits per heavy atom. The van der Waals surface area contributed by atoms with E-state index in [-0.39, 0.29) is 11.4 Å². The Kier molecular flexibility index (Phi) is 3.39. The Hall–Kier alpha value is -2.33. The van der Waals surface area contributed by atoms with Crippen LogP contribution in [-0.4, -0.2) is 0 Å². The van der Waals surface area contributed by atoms with Crippen molar-refractivity contribution in [3.63, 3.8) is 0 Å². The molecule has 3 aromatic rings. The SMILES string of the molecule is Nc1c(F)cc(F)cc1Oc1ccc(Cl)c2ccccc12. The van der Waals surface area contributed by atoms with Gasteiger partial charge < -0.3 is 10.5 Å². The topological polar surface area (TPSA) is 35.2 Å². The Morgan fingerprint density at radius 3 is 2.38 bits per heavy atom. The summed E-state index contributed by atoms with van der Waals surface area (Å²) in [5, 5.41) is 2.08. The van der Waals surface area contributed by atoms with Gasteiger partial charge in [-0.05, 0) is 12.1 Å². The van der Waals surface area contributed by atoms with Crippen LogP contribution in [0.5, 0.6) is 11.5 Å². The van der Waals surface area contributed by atoms with Crippen LogP contribution in [0.25, 0.3) is 10.8 Å². The zero-order chi connectivity index (χ0) is 15.0. The zero-order valence-electron chi connectivity index (χ0n) is 10.7. The molecule has 0 amide bonds. The third kappa shape index (κ3) is 2.50. The molecule has 3 rings (SSSR count). The molecule has 5 heteroatoms. The van der Waals surface area contributed by atoms with Gasteiger partial charge in [-0.3, -0.25) is 0 Å². The summed E-state index contributed by atoms with van der Waals surface area (Å²) < 4.78 is 32.3. The molecule has 0 saturated heterocycles. The number of benzene rings is 3. The maximum atomic E-state index is 13.5. The number of halogens is 3. The highest BCUT2D eigenvalue weighted by molar-refractivity contribution is 6.35. The van der Waals surface area contributed by atoms with Crippen molar-refractivity contribution < 1.29 is 13.5 Å². The fraction of sp³-hybridized carbons (Fsp3) is 0. The molecule has 0 spiro atoms. The summed E-state index contributed by atoms with van der Waals surface area (Å²) in [6.45, 7) is 0. The third-order valence-corrected chi connectivity index (χ3v) is 3.44. The van der Waals surface area contributed by atoms with Crippen LogP contribution in [0.2, 0.25) is 5.02 Å². The number of hydrogen-bond donors (Lipinski definition) is 1. The minimum atomic E-state index is -0.858. The molecule has 0 heterocycles. The monoisotopic (exact) mass is 305 g/mol. The van der Waals surface area contributed by atoms with Crippen molar-refractivity contribution in [1.82, 2.24) is 0 Å². The minimum Gasteiger partial charge on any atom is -0.454 e. The molecule has 0 fully saturated rings. The Balaban J connectivity index is 2.13. The van der Waals surface area contributed by atoms with Crippen molar-refractivity contribution in [3.8, 4) is 11.5 Å². The van der Waals surface area contributed by atoms with E-state index in [0.29, 0.717) is 16.8 Å². The van der Waals surface area contributed by atoms with Crippen molar-refractivity contribution in [2.45, 2.75) is 0 Å². The average Bonchev–Trinajstić information content (AvgIpc) is 2.47. The van der Waals surface area contributed by atoms with Gasteiger partial charge >= 0.3 is 0 Å². The number of nitrogens with two attached hydrogens (primary N) is 1. The van der Waals surface area contributed by atoms with Crippen molar-refractivity contribution in [3.05, 3.63) is 65.2 Å². The lowest BCUT2D eigenvalue weighted by Crippen LogP contribution is -1.97. The van der Waals surface area contributed by atoms with E-state index in [4.69, 9.17) is 22.1 Å². The van der Waals surface area contributed by atoms with Gasteiger partial charge in [0.25, 0.3) is 0 Å². The number of fused-ring (bicyclic) bond motifs is 1. The van der Waals surface area contributed by atoms with Gasteiger partial charge in [-0.25, -0.2) is 8.78 Å². The van der Waals surface area contributed by atoms with Gasteiger partial charge in [0.15, 0.2) is 11.6 Å². The molecule has 0 unspecified atom stereocenters. The van der Waals surface area contributed by atoms with Crippen molar-refractivity contribution in [1.29, 1.82) is 0 Å². The molecule has 0 atom stereocenters. The van der Waals surface area contributed by atoms with E-state index < -0.39 is 11.6 Å². The Labute approximate surface area is 124 Å². The highest BCUT2D eigenvalue weighted by atomic mass is 35.5. The summed E-state index contributed by atoms with van der Waals surface area (Å²) in [6, 6.07) is 12.3. The summed E-state index contributed by atoms with van der Waals surface area (Å²) in [7, 11) is 0. The first kappa shape index (κ1) is 13.6. The molecule has 3 aromatic carbocycles. The second kappa shape index (κ2) is 5.22. The maximum absolute atomic E-state index is 13.5. The first-order valence-corrected chi connectivity index (χ1v) is 6.53. The summed E-state index contributed by atoms with van der Waals surface area (Å²) in [5.74, 6) is -1.26. The van der Waals surface area contributed by atoms with Crippen LogP contribution in [0.15, 0.2) is 48.5 Å². The zero-order valence-corrected chi connectivity index (χ0v) is 11.5. The number of ether oxygens (including phenoxy) is 1. The van der Waals surface area contributed by atoms with Crippen LogP contribution in [0.4, 0.5) is 14.5 Å². The van der Waals surface area contributed by atoms with Crippen molar-refractivity contribution in [2.24, 2.45) is 0 Å². The molecule has 0 saturated carbocycles. The summed E-state index contributed by atoms with van der Waals surface area (Å²) in [5.41, 5.74) is 5.34. The van der Waals surface area contributed by atoms with Crippen LogP contribution in [-0.2, 0) is 0 Å².